The van der Waals surface area contributed by atoms with Crippen molar-refractivity contribution in [2.24, 2.45) is 5.92 Å². The Kier molecular flexibility index (Phi) is 3.76. The van der Waals surface area contributed by atoms with Crippen molar-refractivity contribution in [1.29, 1.82) is 0 Å². The highest BCUT2D eigenvalue weighted by Crippen LogP contribution is 2.30. The summed E-state index contributed by atoms with van der Waals surface area (Å²) < 4.78 is 13.0. The van der Waals surface area contributed by atoms with Gasteiger partial charge in [-0.1, -0.05) is 6.92 Å². The third kappa shape index (κ3) is 3.06. The van der Waals surface area contributed by atoms with Crippen molar-refractivity contribution in [3.63, 3.8) is 0 Å². The lowest BCUT2D eigenvalue weighted by Crippen LogP contribution is -2.04. The maximum atomic E-state index is 13.0. The Morgan fingerprint density at radius 2 is 2.09 bits per heavy atom. The number of rotatable bonds is 1. The van der Waals surface area contributed by atoms with Crippen LogP contribution in [0.3, 0.4) is 0 Å². The Bertz CT molecular complexity index is 121. The Morgan fingerprint density at radius 1 is 1.36 bits per heavy atom. The fourth-order valence-corrected chi connectivity index (χ4v) is 2.42. The fourth-order valence-electron chi connectivity index (χ4n) is 1.71. The second kappa shape index (κ2) is 4.39. The molecule has 0 amide bonds. The first kappa shape index (κ1) is 9.43. The van der Waals surface area contributed by atoms with E-state index < -0.39 is 6.17 Å². The van der Waals surface area contributed by atoms with Gasteiger partial charge in [0.15, 0.2) is 7.12 Å². The predicted molar refractivity (Wildman–Crippen MR) is 49.7 cm³/mol. The van der Waals surface area contributed by atoms with E-state index in [1.54, 1.807) is 0 Å². The fraction of sp³-hybridized carbons (Fsp3) is 1.00. The largest absolute Gasteiger partial charge is 0.247 e. The monoisotopic (exact) mass is 172 g/mol. The van der Waals surface area contributed by atoms with Crippen molar-refractivity contribution in [3.05, 3.63) is 0 Å². The number of hydrogen-bond donors (Lipinski definition) is 0. The lowest BCUT2D eigenvalue weighted by molar-refractivity contribution is 0.275. The van der Waals surface area contributed by atoms with Crippen LogP contribution in [0.1, 0.15) is 32.6 Å². The minimum absolute atomic E-state index is 0.491. The van der Waals surface area contributed by atoms with Crippen molar-refractivity contribution in [1.82, 2.24) is 0 Å². The molecule has 0 aromatic carbocycles. The first-order chi connectivity index (χ1) is 5.22. The van der Waals surface area contributed by atoms with E-state index in [9.17, 15) is 4.39 Å². The van der Waals surface area contributed by atoms with Gasteiger partial charge in [0.25, 0.3) is 0 Å². The number of halogens is 1. The molecule has 3 atom stereocenters. The molecule has 0 aromatic rings. The third-order valence-corrected chi connectivity index (χ3v) is 3.13. The van der Waals surface area contributed by atoms with Crippen LogP contribution >= 0.6 is 11.6 Å². The van der Waals surface area contributed by atoms with Gasteiger partial charge in [0.05, 0.1) is 0 Å². The molecule has 0 saturated heterocycles. The summed E-state index contributed by atoms with van der Waals surface area (Å²) in [4.78, 5) is 0. The van der Waals surface area contributed by atoms with E-state index in [0.717, 1.165) is 19.3 Å². The normalized spacial score (nSPS) is 40.0. The molecule has 0 N–H and O–H groups in total. The average Bonchev–Trinajstić information content (AvgIpc) is 2.11. The molecule has 1 aliphatic rings. The van der Waals surface area contributed by atoms with Gasteiger partial charge in [-0.05, 0) is 36.9 Å². The first-order valence-electron chi connectivity index (χ1n) is 4.22. The molecule has 0 aliphatic heterocycles. The summed E-state index contributed by atoms with van der Waals surface area (Å²) >= 11 is 1.40. The maximum absolute atomic E-state index is 13.0. The lowest BCUT2D eigenvalue weighted by Gasteiger charge is -2.13. The molecular weight excluding hydrogens is 158 g/mol. The van der Waals surface area contributed by atoms with Gasteiger partial charge in [-0.2, -0.15) is 0 Å². The Labute approximate surface area is 73.6 Å². The minimum Gasteiger partial charge on any atom is -0.247 e. The summed E-state index contributed by atoms with van der Waals surface area (Å²) in [6.07, 6.45) is 2.90. The molecule has 1 aliphatic carbocycles. The van der Waals surface area contributed by atoms with E-state index >= 15 is 0 Å². The zero-order valence-corrected chi connectivity index (χ0v) is 7.74. The van der Waals surface area contributed by atoms with Crippen LogP contribution in [0.4, 0.5) is 4.39 Å². The molecule has 2 radical (unpaired) electrons. The van der Waals surface area contributed by atoms with E-state index in [1.165, 1.54) is 11.6 Å². The number of hydrogen-bond acceptors (Lipinski definition) is 1. The van der Waals surface area contributed by atoms with Crippen molar-refractivity contribution in [2.75, 3.05) is 0 Å². The van der Waals surface area contributed by atoms with E-state index in [2.05, 4.69) is 6.92 Å². The molecule has 0 spiro atoms. The molecule has 0 bridgehead atoms. The predicted octanol–water partition coefficient (Wildman–Crippen LogP) is 2.72. The summed E-state index contributed by atoms with van der Waals surface area (Å²) in [5, 5.41) is 0.491. The Balaban J connectivity index is 2.39. The number of alkyl halides is 1. The van der Waals surface area contributed by atoms with Gasteiger partial charge < -0.3 is 0 Å². The van der Waals surface area contributed by atoms with Crippen LogP contribution in [0, 0.1) is 5.92 Å². The molecule has 62 valence electrons. The zero-order valence-electron chi connectivity index (χ0n) is 6.92. The highest BCUT2D eigenvalue weighted by Gasteiger charge is 2.21. The summed E-state index contributed by atoms with van der Waals surface area (Å²) in [5.41, 5.74) is 0. The second-order valence-electron chi connectivity index (χ2n) is 3.51. The van der Waals surface area contributed by atoms with Gasteiger partial charge >= 0.3 is 0 Å². The topological polar surface area (TPSA) is 0 Å². The molecule has 3 heteroatoms. The van der Waals surface area contributed by atoms with Crippen LogP contribution in [-0.2, 0) is 0 Å². The standard InChI is InChI=1S/C8H14BFS/c1-6-4-7(10)2-3-8(5-6)11-9/h6-8H,2-5H2,1H3/t6?,7-,8?/m0/s1. The molecule has 1 fully saturated rings. The summed E-state index contributed by atoms with van der Waals surface area (Å²) in [5.74, 6) is 0.508. The van der Waals surface area contributed by atoms with Gasteiger partial charge in [0, 0.05) is 0 Å². The van der Waals surface area contributed by atoms with Crippen LogP contribution in [0.2, 0.25) is 0 Å². The van der Waals surface area contributed by atoms with Gasteiger partial charge in [-0.3, -0.25) is 0 Å². The highest BCUT2D eigenvalue weighted by molar-refractivity contribution is 8.20. The molecular formula is C8H14BFS. The molecule has 2 unspecified atom stereocenters. The van der Waals surface area contributed by atoms with Gasteiger partial charge in [0.2, 0.25) is 0 Å². The average molecular weight is 172 g/mol. The highest BCUT2D eigenvalue weighted by atomic mass is 32.2. The second-order valence-corrected chi connectivity index (χ2v) is 4.45. The van der Waals surface area contributed by atoms with Crippen LogP contribution in [0.15, 0.2) is 0 Å². The van der Waals surface area contributed by atoms with E-state index in [1.807, 2.05) is 0 Å². The first-order valence-corrected chi connectivity index (χ1v) is 5.16. The summed E-state index contributed by atoms with van der Waals surface area (Å²) in [7, 11) is 5.47. The Hall–Kier alpha value is 0.345. The van der Waals surface area contributed by atoms with Gasteiger partial charge in [-0.15, -0.1) is 0 Å². The van der Waals surface area contributed by atoms with Crippen molar-refractivity contribution < 1.29 is 4.39 Å². The zero-order chi connectivity index (χ0) is 8.27. The molecule has 1 rings (SSSR count). The van der Waals surface area contributed by atoms with Crippen LogP contribution in [0.5, 0.6) is 0 Å². The van der Waals surface area contributed by atoms with Crippen molar-refractivity contribution >= 4 is 18.7 Å². The van der Waals surface area contributed by atoms with Gasteiger partial charge in [0.1, 0.15) is 6.17 Å². The van der Waals surface area contributed by atoms with Crippen LogP contribution < -0.4 is 0 Å². The SMILES string of the molecule is [B]SC1CC[C@H](F)CC(C)C1. The third-order valence-electron chi connectivity index (χ3n) is 2.32. The van der Waals surface area contributed by atoms with Gasteiger partial charge in [-0.25, -0.2) is 16.0 Å². The summed E-state index contributed by atoms with van der Waals surface area (Å²) in [6.45, 7) is 2.11. The van der Waals surface area contributed by atoms with Crippen LogP contribution in [-0.4, -0.2) is 18.5 Å². The van der Waals surface area contributed by atoms with E-state index in [4.69, 9.17) is 7.12 Å². The smallest absolute Gasteiger partial charge is 0.161 e. The lowest BCUT2D eigenvalue weighted by atomic mass is 10.0. The van der Waals surface area contributed by atoms with Crippen LogP contribution in [0.25, 0.3) is 0 Å². The van der Waals surface area contributed by atoms with Crippen molar-refractivity contribution in [2.45, 2.75) is 44.0 Å². The van der Waals surface area contributed by atoms with E-state index in [0.29, 0.717) is 17.6 Å². The summed E-state index contributed by atoms with van der Waals surface area (Å²) in [6, 6.07) is 0. The molecule has 0 aromatic heterocycles. The quantitative estimate of drug-likeness (QED) is 0.432. The molecule has 1 saturated carbocycles. The van der Waals surface area contributed by atoms with Crippen molar-refractivity contribution in [3.8, 4) is 0 Å². The Morgan fingerprint density at radius 3 is 2.73 bits per heavy atom. The molecule has 11 heavy (non-hydrogen) atoms. The minimum atomic E-state index is -0.581. The maximum Gasteiger partial charge on any atom is 0.161 e. The molecule has 0 nitrogen and oxygen atoms in total. The van der Waals surface area contributed by atoms with E-state index in [-0.39, 0.29) is 0 Å². The molecule has 0 heterocycles.